The standard InChI is InChI=1S/C21H23N3O6/c25-21(17-2-4-18(5-3-17)24(26)27)23(8-7-22-9-11-28-12-10-22)14-16-1-6-19-20(13-16)30-15-29-19/h1-6,13H,7-12,14-15H2. The Labute approximate surface area is 173 Å². The molecule has 0 aliphatic carbocycles. The molecule has 1 fully saturated rings. The predicted molar refractivity (Wildman–Crippen MR) is 108 cm³/mol. The van der Waals surface area contributed by atoms with E-state index in [1.165, 1.54) is 24.3 Å². The summed E-state index contributed by atoms with van der Waals surface area (Å²) in [6, 6.07) is 11.4. The number of morpholine rings is 1. The maximum absolute atomic E-state index is 13.2. The Morgan fingerprint density at radius 3 is 2.53 bits per heavy atom. The van der Waals surface area contributed by atoms with E-state index in [2.05, 4.69) is 4.90 Å². The number of ether oxygens (including phenoxy) is 3. The van der Waals surface area contributed by atoms with Crippen LogP contribution in [0.25, 0.3) is 0 Å². The van der Waals surface area contributed by atoms with Gasteiger partial charge in [-0.1, -0.05) is 6.07 Å². The SMILES string of the molecule is O=C(c1ccc([N+](=O)[O-])cc1)N(CCN1CCOCC1)Cc1ccc2c(c1)OCO2. The first-order valence-corrected chi connectivity index (χ1v) is 9.82. The molecule has 30 heavy (non-hydrogen) atoms. The summed E-state index contributed by atoms with van der Waals surface area (Å²) < 4.78 is 16.2. The average Bonchev–Trinajstić information content (AvgIpc) is 3.25. The molecule has 1 amide bonds. The molecule has 0 atom stereocenters. The minimum Gasteiger partial charge on any atom is -0.454 e. The number of hydrogen-bond acceptors (Lipinski definition) is 7. The van der Waals surface area contributed by atoms with Crippen molar-refractivity contribution in [3.05, 3.63) is 63.7 Å². The highest BCUT2D eigenvalue weighted by atomic mass is 16.7. The third-order valence-electron chi connectivity index (χ3n) is 5.21. The lowest BCUT2D eigenvalue weighted by atomic mass is 10.1. The van der Waals surface area contributed by atoms with Crippen molar-refractivity contribution >= 4 is 11.6 Å². The van der Waals surface area contributed by atoms with E-state index in [0.29, 0.717) is 43.4 Å². The summed E-state index contributed by atoms with van der Waals surface area (Å²) in [5.74, 6) is 1.19. The monoisotopic (exact) mass is 413 g/mol. The van der Waals surface area contributed by atoms with Gasteiger partial charge >= 0.3 is 0 Å². The van der Waals surface area contributed by atoms with Crippen LogP contribution in [0.5, 0.6) is 11.5 Å². The number of nitro groups is 1. The van der Waals surface area contributed by atoms with Crippen LogP contribution in [0.2, 0.25) is 0 Å². The molecule has 0 bridgehead atoms. The number of nitrogens with zero attached hydrogens (tertiary/aromatic N) is 3. The first kappa shape index (κ1) is 20.1. The number of non-ortho nitro benzene ring substituents is 1. The smallest absolute Gasteiger partial charge is 0.269 e. The van der Waals surface area contributed by atoms with Crippen molar-refractivity contribution in [3.63, 3.8) is 0 Å². The molecule has 2 aliphatic rings. The van der Waals surface area contributed by atoms with Crippen LogP contribution in [0.3, 0.4) is 0 Å². The summed E-state index contributed by atoms with van der Waals surface area (Å²) in [6.07, 6.45) is 0. The molecule has 0 unspecified atom stereocenters. The number of hydrogen-bond donors (Lipinski definition) is 0. The lowest BCUT2D eigenvalue weighted by Gasteiger charge is -2.30. The topological polar surface area (TPSA) is 94.4 Å². The van der Waals surface area contributed by atoms with Gasteiger partial charge in [-0.05, 0) is 29.8 Å². The van der Waals surface area contributed by atoms with Crippen molar-refractivity contribution < 1.29 is 23.9 Å². The minimum atomic E-state index is -0.475. The van der Waals surface area contributed by atoms with Gasteiger partial charge in [0.05, 0.1) is 18.1 Å². The summed E-state index contributed by atoms with van der Waals surface area (Å²) in [7, 11) is 0. The number of carbonyl (C=O) groups is 1. The second kappa shape index (κ2) is 9.10. The highest BCUT2D eigenvalue weighted by molar-refractivity contribution is 5.94. The highest BCUT2D eigenvalue weighted by Crippen LogP contribution is 2.33. The van der Waals surface area contributed by atoms with Gasteiger partial charge in [0, 0.05) is 50.4 Å². The van der Waals surface area contributed by atoms with Gasteiger partial charge in [0.25, 0.3) is 11.6 Å². The molecule has 2 aromatic carbocycles. The maximum atomic E-state index is 13.2. The van der Waals surface area contributed by atoms with E-state index >= 15 is 0 Å². The van der Waals surface area contributed by atoms with E-state index in [1.54, 1.807) is 4.90 Å². The van der Waals surface area contributed by atoms with E-state index in [4.69, 9.17) is 14.2 Å². The summed E-state index contributed by atoms with van der Waals surface area (Å²) in [6.45, 7) is 4.92. The largest absolute Gasteiger partial charge is 0.454 e. The van der Waals surface area contributed by atoms with Gasteiger partial charge in [0.2, 0.25) is 6.79 Å². The van der Waals surface area contributed by atoms with Crippen molar-refractivity contribution in [2.24, 2.45) is 0 Å². The number of benzene rings is 2. The Kier molecular flexibility index (Phi) is 6.10. The number of fused-ring (bicyclic) bond motifs is 1. The zero-order chi connectivity index (χ0) is 20.9. The van der Waals surface area contributed by atoms with Gasteiger partial charge in [0.15, 0.2) is 11.5 Å². The summed E-state index contributed by atoms with van der Waals surface area (Å²) in [4.78, 5) is 27.6. The predicted octanol–water partition coefficient (Wildman–Crippen LogP) is 2.30. The molecule has 1 saturated heterocycles. The lowest BCUT2D eigenvalue weighted by Crippen LogP contribution is -2.42. The van der Waals surface area contributed by atoms with E-state index in [1.807, 2.05) is 18.2 Å². The lowest BCUT2D eigenvalue weighted by molar-refractivity contribution is -0.384. The molecule has 0 spiro atoms. The average molecular weight is 413 g/mol. The maximum Gasteiger partial charge on any atom is 0.269 e. The number of nitro benzene ring substituents is 1. The van der Waals surface area contributed by atoms with Crippen LogP contribution in [0, 0.1) is 10.1 Å². The van der Waals surface area contributed by atoms with Gasteiger partial charge in [-0.2, -0.15) is 0 Å². The van der Waals surface area contributed by atoms with Crippen LogP contribution in [0.1, 0.15) is 15.9 Å². The summed E-state index contributed by atoms with van der Waals surface area (Å²) in [5, 5.41) is 10.9. The van der Waals surface area contributed by atoms with Crippen LogP contribution < -0.4 is 9.47 Å². The second-order valence-electron chi connectivity index (χ2n) is 7.17. The van der Waals surface area contributed by atoms with Crippen LogP contribution in [-0.4, -0.2) is 66.8 Å². The second-order valence-corrected chi connectivity index (χ2v) is 7.17. The van der Waals surface area contributed by atoms with Crippen LogP contribution in [-0.2, 0) is 11.3 Å². The molecule has 158 valence electrons. The fourth-order valence-electron chi connectivity index (χ4n) is 3.51. The molecular weight excluding hydrogens is 390 g/mol. The van der Waals surface area contributed by atoms with Crippen molar-refractivity contribution in [2.75, 3.05) is 46.2 Å². The number of carbonyl (C=O) groups excluding carboxylic acids is 1. The van der Waals surface area contributed by atoms with Gasteiger partial charge in [-0.3, -0.25) is 19.8 Å². The fraction of sp³-hybridized carbons (Fsp3) is 0.381. The highest BCUT2D eigenvalue weighted by Gasteiger charge is 2.21. The Balaban J connectivity index is 1.50. The van der Waals surface area contributed by atoms with Crippen molar-refractivity contribution in [1.29, 1.82) is 0 Å². The Bertz CT molecular complexity index is 911. The summed E-state index contributed by atoms with van der Waals surface area (Å²) in [5.41, 5.74) is 1.31. The Morgan fingerprint density at radius 1 is 1.07 bits per heavy atom. The van der Waals surface area contributed by atoms with Crippen LogP contribution in [0.15, 0.2) is 42.5 Å². The molecule has 0 saturated carbocycles. The molecule has 4 rings (SSSR count). The van der Waals surface area contributed by atoms with E-state index in [9.17, 15) is 14.9 Å². The third-order valence-corrected chi connectivity index (χ3v) is 5.21. The molecule has 9 nitrogen and oxygen atoms in total. The number of amides is 1. The van der Waals surface area contributed by atoms with Crippen molar-refractivity contribution in [3.8, 4) is 11.5 Å². The quantitative estimate of drug-likeness (QED) is 0.508. The van der Waals surface area contributed by atoms with E-state index in [0.717, 1.165) is 25.2 Å². The molecule has 2 aliphatic heterocycles. The van der Waals surface area contributed by atoms with E-state index < -0.39 is 4.92 Å². The molecule has 2 aromatic rings. The zero-order valence-corrected chi connectivity index (χ0v) is 16.5. The Morgan fingerprint density at radius 2 is 1.80 bits per heavy atom. The van der Waals surface area contributed by atoms with Gasteiger partial charge in [-0.15, -0.1) is 0 Å². The van der Waals surface area contributed by atoms with Gasteiger partial charge in [0.1, 0.15) is 0 Å². The number of rotatable bonds is 7. The minimum absolute atomic E-state index is 0.0396. The van der Waals surface area contributed by atoms with Crippen LogP contribution in [0.4, 0.5) is 5.69 Å². The van der Waals surface area contributed by atoms with Crippen molar-refractivity contribution in [1.82, 2.24) is 9.80 Å². The van der Waals surface area contributed by atoms with Gasteiger partial charge in [-0.25, -0.2) is 0 Å². The first-order chi connectivity index (χ1) is 14.6. The molecule has 0 radical (unpaired) electrons. The zero-order valence-electron chi connectivity index (χ0n) is 16.5. The van der Waals surface area contributed by atoms with Gasteiger partial charge < -0.3 is 19.1 Å². The van der Waals surface area contributed by atoms with E-state index in [-0.39, 0.29) is 18.4 Å². The Hall–Kier alpha value is -3.17. The fourth-order valence-corrected chi connectivity index (χ4v) is 3.51. The molecule has 9 heteroatoms. The molecule has 2 heterocycles. The first-order valence-electron chi connectivity index (χ1n) is 9.82. The third kappa shape index (κ3) is 4.69. The molecular formula is C21H23N3O6. The summed E-state index contributed by atoms with van der Waals surface area (Å²) >= 11 is 0. The molecule has 0 N–H and O–H groups in total. The molecule has 0 aromatic heterocycles. The van der Waals surface area contributed by atoms with Crippen molar-refractivity contribution in [2.45, 2.75) is 6.54 Å². The normalized spacial score (nSPS) is 15.7. The van der Waals surface area contributed by atoms with Crippen LogP contribution >= 0.6 is 0 Å².